The van der Waals surface area contributed by atoms with E-state index in [2.05, 4.69) is 13.8 Å². The minimum absolute atomic E-state index is 0.00231. The zero-order valence-corrected chi connectivity index (χ0v) is 7.22. The zero-order chi connectivity index (χ0) is 9.28. The van der Waals surface area contributed by atoms with Crippen LogP contribution >= 0.6 is 0 Å². The van der Waals surface area contributed by atoms with Crippen LogP contribution in [0.5, 0.6) is 0 Å². The third-order valence-electron chi connectivity index (χ3n) is 0.954. The Labute approximate surface area is 66.8 Å². The molecule has 0 aliphatic rings. The molecule has 11 heavy (non-hydrogen) atoms. The molecule has 0 amide bonds. The average Bonchev–Trinajstić information content (AvgIpc) is 2.03. The minimum atomic E-state index is -0.972. The van der Waals surface area contributed by atoms with Crippen LogP contribution in [0.15, 0.2) is 0 Å². The Morgan fingerprint density at radius 2 is 1.55 bits per heavy atom. The Balaban J connectivity index is 0. The quantitative estimate of drug-likeness (QED) is 0.351. The number of hydrogen-bond acceptors (Lipinski definition) is 3. The number of Topliss-reactive ketones (excluding diaryl/α,β-unsaturated/α-hetero) is 2. The summed E-state index contributed by atoms with van der Waals surface area (Å²) in [6.45, 7) is 5.41. The minimum Gasteiger partial charge on any atom is -0.294 e. The van der Waals surface area contributed by atoms with Crippen molar-refractivity contribution in [3.63, 3.8) is 0 Å². The van der Waals surface area contributed by atoms with E-state index in [9.17, 15) is 14.4 Å². The van der Waals surface area contributed by atoms with Gasteiger partial charge < -0.3 is 0 Å². The van der Waals surface area contributed by atoms with Crippen LogP contribution in [0.1, 0.15) is 33.6 Å². The number of carbonyl (C=O) groups excluding carboxylic acids is 3. The van der Waals surface area contributed by atoms with Crippen molar-refractivity contribution in [3.8, 4) is 0 Å². The van der Waals surface area contributed by atoms with E-state index in [-0.39, 0.29) is 6.29 Å². The molecular formula is C8H14O3. The summed E-state index contributed by atoms with van der Waals surface area (Å²) in [5.41, 5.74) is 0. The summed E-state index contributed by atoms with van der Waals surface area (Å²) in [4.78, 5) is 29.0. The van der Waals surface area contributed by atoms with E-state index < -0.39 is 11.6 Å². The average molecular weight is 158 g/mol. The lowest BCUT2D eigenvalue weighted by molar-refractivity contribution is -0.139. The van der Waals surface area contributed by atoms with Crippen LogP contribution in [-0.2, 0) is 14.4 Å². The van der Waals surface area contributed by atoms with E-state index in [0.29, 0.717) is 0 Å². The van der Waals surface area contributed by atoms with Crippen molar-refractivity contribution in [2.24, 2.45) is 0 Å². The number of rotatable bonds is 3. The van der Waals surface area contributed by atoms with Gasteiger partial charge in [-0.05, 0) is 0 Å². The highest BCUT2D eigenvalue weighted by Gasteiger charge is 2.02. The first-order valence-corrected chi connectivity index (χ1v) is 3.60. The molecule has 0 aliphatic heterocycles. The van der Waals surface area contributed by atoms with Gasteiger partial charge in [-0.3, -0.25) is 14.4 Å². The summed E-state index contributed by atoms with van der Waals surface area (Å²) in [6.07, 6.45) is 2.64. The second kappa shape index (κ2) is 9.01. The van der Waals surface area contributed by atoms with Gasteiger partial charge in [0.25, 0.3) is 5.78 Å². The molecule has 0 bridgehead atoms. The van der Waals surface area contributed by atoms with Crippen molar-refractivity contribution in [1.29, 1.82) is 0 Å². The molecule has 0 aromatic carbocycles. The maximum atomic E-state index is 9.79. The Morgan fingerprint density at radius 3 is 1.55 bits per heavy atom. The summed E-state index contributed by atoms with van der Waals surface area (Å²) in [7, 11) is 0. The highest BCUT2D eigenvalue weighted by atomic mass is 16.2. The van der Waals surface area contributed by atoms with Crippen LogP contribution in [0.3, 0.4) is 0 Å². The Bertz CT molecular complexity index is 136. The topological polar surface area (TPSA) is 51.2 Å². The number of ketones is 2. The molecule has 0 heterocycles. The fraction of sp³-hybridized carbons (Fsp3) is 0.625. The third kappa shape index (κ3) is 12.3. The third-order valence-corrected chi connectivity index (χ3v) is 0.954. The molecule has 64 valence electrons. The highest BCUT2D eigenvalue weighted by molar-refractivity contribution is 6.57. The SMILES string of the molecule is CC(=O)C(=O)C=O.CCCC. The van der Waals surface area contributed by atoms with Gasteiger partial charge in [-0.15, -0.1) is 0 Å². The van der Waals surface area contributed by atoms with Crippen LogP contribution in [0.25, 0.3) is 0 Å². The van der Waals surface area contributed by atoms with Crippen LogP contribution in [0.2, 0.25) is 0 Å². The zero-order valence-electron chi connectivity index (χ0n) is 7.22. The van der Waals surface area contributed by atoms with E-state index in [4.69, 9.17) is 0 Å². The summed E-state index contributed by atoms with van der Waals surface area (Å²) < 4.78 is 0. The van der Waals surface area contributed by atoms with E-state index in [1.54, 1.807) is 0 Å². The van der Waals surface area contributed by atoms with Gasteiger partial charge in [0.15, 0.2) is 6.29 Å². The number of hydrogen-bond donors (Lipinski definition) is 0. The van der Waals surface area contributed by atoms with Gasteiger partial charge in [0.1, 0.15) is 0 Å². The van der Waals surface area contributed by atoms with Crippen LogP contribution in [0, 0.1) is 0 Å². The van der Waals surface area contributed by atoms with E-state index in [0.717, 1.165) is 6.92 Å². The summed E-state index contributed by atoms with van der Waals surface area (Å²) >= 11 is 0. The molecule has 0 radical (unpaired) electrons. The molecule has 3 heteroatoms. The van der Waals surface area contributed by atoms with Gasteiger partial charge >= 0.3 is 0 Å². The van der Waals surface area contributed by atoms with Gasteiger partial charge in [0, 0.05) is 6.92 Å². The van der Waals surface area contributed by atoms with Gasteiger partial charge in [-0.25, -0.2) is 0 Å². The van der Waals surface area contributed by atoms with Crippen LogP contribution in [-0.4, -0.2) is 17.9 Å². The van der Waals surface area contributed by atoms with E-state index >= 15 is 0 Å². The molecule has 0 atom stereocenters. The fourth-order valence-electron chi connectivity index (χ4n) is 0.0830. The normalized spacial score (nSPS) is 7.55. The van der Waals surface area contributed by atoms with Crippen molar-refractivity contribution in [2.45, 2.75) is 33.6 Å². The maximum absolute atomic E-state index is 9.79. The Morgan fingerprint density at radius 1 is 1.18 bits per heavy atom. The molecule has 3 nitrogen and oxygen atoms in total. The molecule has 0 aliphatic carbocycles. The number of unbranched alkanes of at least 4 members (excludes halogenated alkanes) is 1. The number of aldehydes is 1. The first-order chi connectivity index (χ1) is 5.09. The van der Waals surface area contributed by atoms with Gasteiger partial charge in [-0.1, -0.05) is 26.7 Å². The second-order valence-corrected chi connectivity index (χ2v) is 2.04. The van der Waals surface area contributed by atoms with Crippen molar-refractivity contribution in [2.75, 3.05) is 0 Å². The van der Waals surface area contributed by atoms with E-state index in [1.807, 2.05) is 0 Å². The first-order valence-electron chi connectivity index (χ1n) is 3.60. The molecule has 0 saturated carbocycles. The molecule has 0 rings (SSSR count). The standard InChI is InChI=1S/C4H4O3.C4H10/c1-3(6)4(7)2-5;1-3-4-2/h2H,1H3;3-4H2,1-2H3. The van der Waals surface area contributed by atoms with E-state index in [1.165, 1.54) is 12.8 Å². The molecule has 0 aromatic heterocycles. The van der Waals surface area contributed by atoms with Gasteiger partial charge in [-0.2, -0.15) is 0 Å². The largest absolute Gasteiger partial charge is 0.294 e. The van der Waals surface area contributed by atoms with Crippen molar-refractivity contribution >= 4 is 17.9 Å². The lowest BCUT2D eigenvalue weighted by Crippen LogP contribution is -2.09. The summed E-state index contributed by atoms with van der Waals surface area (Å²) in [5, 5.41) is 0. The number of carbonyl (C=O) groups is 3. The lowest BCUT2D eigenvalue weighted by Gasteiger charge is -1.72. The van der Waals surface area contributed by atoms with Crippen molar-refractivity contribution < 1.29 is 14.4 Å². The summed E-state index contributed by atoms with van der Waals surface area (Å²) in [5.74, 6) is -1.69. The molecule has 0 spiro atoms. The molecule has 0 unspecified atom stereocenters. The Hall–Kier alpha value is -0.990. The Kier molecular flexibility index (Phi) is 10.4. The van der Waals surface area contributed by atoms with Crippen molar-refractivity contribution in [1.82, 2.24) is 0 Å². The molecule has 0 N–H and O–H groups in total. The van der Waals surface area contributed by atoms with Gasteiger partial charge in [0.2, 0.25) is 5.78 Å². The predicted octanol–water partition coefficient (Wildman–Crippen LogP) is 1.15. The fourth-order valence-corrected chi connectivity index (χ4v) is 0.0830. The molecule has 0 fully saturated rings. The van der Waals surface area contributed by atoms with Gasteiger partial charge in [0.05, 0.1) is 0 Å². The first kappa shape index (κ1) is 12.7. The van der Waals surface area contributed by atoms with Crippen molar-refractivity contribution in [3.05, 3.63) is 0 Å². The smallest absolute Gasteiger partial charge is 0.260 e. The maximum Gasteiger partial charge on any atom is 0.260 e. The highest BCUT2D eigenvalue weighted by Crippen LogP contribution is 1.76. The molecule has 0 saturated heterocycles. The molecule has 0 aromatic rings. The van der Waals surface area contributed by atoms with Crippen LogP contribution < -0.4 is 0 Å². The molecular weight excluding hydrogens is 144 g/mol. The van der Waals surface area contributed by atoms with Crippen LogP contribution in [0.4, 0.5) is 0 Å². The predicted molar refractivity (Wildman–Crippen MR) is 42.3 cm³/mol. The lowest BCUT2D eigenvalue weighted by atomic mass is 10.3. The monoisotopic (exact) mass is 158 g/mol. The summed E-state index contributed by atoms with van der Waals surface area (Å²) in [6, 6.07) is 0. The second-order valence-electron chi connectivity index (χ2n) is 2.04.